The van der Waals surface area contributed by atoms with E-state index in [9.17, 15) is 9.59 Å². The van der Waals surface area contributed by atoms with Crippen LogP contribution in [0.1, 0.15) is 99.8 Å². The summed E-state index contributed by atoms with van der Waals surface area (Å²) in [7, 11) is 0. The number of carbonyl (C=O) groups excluding carboxylic acids is 2. The molecule has 2 aliphatic rings. The van der Waals surface area contributed by atoms with Crippen LogP contribution in [0.2, 0.25) is 0 Å². The first-order chi connectivity index (χ1) is 17.4. The monoisotopic (exact) mass is 518 g/mol. The van der Waals surface area contributed by atoms with E-state index in [1.54, 1.807) is 12.5 Å². The van der Waals surface area contributed by atoms with Gasteiger partial charge in [0.1, 0.15) is 11.3 Å². The molecule has 1 aromatic rings. The molecule has 0 bridgehead atoms. The highest BCUT2D eigenvalue weighted by Gasteiger charge is 2.52. The average Bonchev–Trinajstić information content (AvgIpc) is 3.39. The van der Waals surface area contributed by atoms with Crippen molar-refractivity contribution in [2.24, 2.45) is 17.8 Å². The van der Waals surface area contributed by atoms with Crippen molar-refractivity contribution < 1.29 is 19.1 Å². The molecule has 1 saturated heterocycles. The summed E-state index contributed by atoms with van der Waals surface area (Å²) in [5.74, 6) is 0.597. The highest BCUT2D eigenvalue weighted by atomic mass is 16.6. The molecule has 1 N–H and O–H groups in total. The number of ether oxygens (including phenoxy) is 2. The van der Waals surface area contributed by atoms with Gasteiger partial charge in [-0.15, -0.1) is 0 Å². The van der Waals surface area contributed by atoms with E-state index in [1.807, 2.05) is 50.3 Å². The Balaban J connectivity index is 1.72. The highest BCUT2D eigenvalue weighted by molar-refractivity contribution is 5.79. The molecular formula is C29H50N4O4. The van der Waals surface area contributed by atoms with Crippen LogP contribution in [0.15, 0.2) is 18.7 Å². The van der Waals surface area contributed by atoms with E-state index < -0.39 is 11.3 Å². The largest absolute Gasteiger partial charge is 0.444 e. The van der Waals surface area contributed by atoms with Gasteiger partial charge in [-0.1, -0.05) is 46.0 Å². The molecule has 1 aliphatic heterocycles. The van der Waals surface area contributed by atoms with E-state index in [0.717, 1.165) is 19.4 Å². The van der Waals surface area contributed by atoms with Crippen LogP contribution in [0.25, 0.3) is 0 Å². The number of aromatic nitrogens is 2. The van der Waals surface area contributed by atoms with Gasteiger partial charge in [0.2, 0.25) is 5.91 Å². The lowest BCUT2D eigenvalue weighted by Gasteiger charge is -2.37. The highest BCUT2D eigenvalue weighted by Crippen LogP contribution is 2.41. The van der Waals surface area contributed by atoms with E-state index in [4.69, 9.17) is 9.47 Å². The molecule has 2 heterocycles. The number of nitrogens with zero attached hydrogens (tertiary/aromatic N) is 3. The number of imidazole rings is 1. The van der Waals surface area contributed by atoms with Crippen LogP contribution in [-0.4, -0.2) is 56.5 Å². The Hall–Kier alpha value is -2.09. The van der Waals surface area contributed by atoms with Gasteiger partial charge in [0, 0.05) is 31.4 Å². The zero-order chi connectivity index (χ0) is 27.2. The Morgan fingerprint density at radius 1 is 1.19 bits per heavy atom. The maximum absolute atomic E-state index is 13.4. The summed E-state index contributed by atoms with van der Waals surface area (Å²) < 4.78 is 14.4. The normalized spacial score (nSPS) is 23.3. The maximum Gasteiger partial charge on any atom is 0.412 e. The lowest BCUT2D eigenvalue weighted by molar-refractivity contribution is -0.129. The Labute approximate surface area is 223 Å². The Kier molecular flexibility index (Phi) is 10.1. The van der Waals surface area contributed by atoms with Gasteiger partial charge < -0.3 is 19.4 Å². The minimum Gasteiger partial charge on any atom is -0.444 e. The van der Waals surface area contributed by atoms with Crippen LogP contribution >= 0.6 is 0 Å². The van der Waals surface area contributed by atoms with Gasteiger partial charge in [0.15, 0.2) is 0 Å². The van der Waals surface area contributed by atoms with Gasteiger partial charge in [-0.2, -0.15) is 0 Å². The fourth-order valence-corrected chi connectivity index (χ4v) is 5.92. The molecule has 3 rings (SSSR count). The number of hydrogen-bond donors (Lipinski definition) is 1. The molecular weight excluding hydrogens is 468 g/mol. The van der Waals surface area contributed by atoms with Crippen molar-refractivity contribution in [2.75, 3.05) is 6.54 Å². The van der Waals surface area contributed by atoms with Crippen molar-refractivity contribution in [2.45, 2.75) is 130 Å². The minimum absolute atomic E-state index is 0.0640. The first-order valence-electron chi connectivity index (χ1n) is 14.3. The SMILES string of the molecule is CC(C)[C@H](C[C@@H]1OC(C)(C)N(C(=O)OC(C)(C)C)[C@H]1CC1CCCCC1)C(=O)NCCCn1ccnc1. The third-order valence-electron chi connectivity index (χ3n) is 7.75. The molecule has 37 heavy (non-hydrogen) atoms. The lowest BCUT2D eigenvalue weighted by Crippen LogP contribution is -2.51. The zero-order valence-corrected chi connectivity index (χ0v) is 24.2. The topological polar surface area (TPSA) is 85.7 Å². The fourth-order valence-electron chi connectivity index (χ4n) is 5.92. The number of rotatable bonds is 10. The summed E-state index contributed by atoms with van der Waals surface area (Å²) in [6.45, 7) is 15.2. The van der Waals surface area contributed by atoms with Gasteiger partial charge in [-0.25, -0.2) is 9.78 Å². The molecule has 0 aromatic carbocycles. The fraction of sp³-hybridized carbons (Fsp3) is 0.828. The summed E-state index contributed by atoms with van der Waals surface area (Å²) in [4.78, 5) is 32.6. The second-order valence-corrected chi connectivity index (χ2v) is 12.8. The molecule has 8 nitrogen and oxygen atoms in total. The molecule has 1 saturated carbocycles. The van der Waals surface area contributed by atoms with Crippen molar-refractivity contribution in [1.82, 2.24) is 19.8 Å². The quantitative estimate of drug-likeness (QED) is 0.398. The van der Waals surface area contributed by atoms with Crippen LogP contribution < -0.4 is 5.32 Å². The number of amides is 2. The third kappa shape index (κ3) is 8.45. The van der Waals surface area contributed by atoms with Crippen molar-refractivity contribution in [3.8, 4) is 0 Å². The summed E-state index contributed by atoms with van der Waals surface area (Å²) in [5, 5.41) is 3.15. The second kappa shape index (κ2) is 12.6. The Bertz CT molecular complexity index is 856. The van der Waals surface area contributed by atoms with E-state index in [0.29, 0.717) is 18.9 Å². The van der Waals surface area contributed by atoms with E-state index in [2.05, 4.69) is 24.1 Å². The second-order valence-electron chi connectivity index (χ2n) is 12.8. The van der Waals surface area contributed by atoms with Crippen LogP contribution in [0.3, 0.4) is 0 Å². The van der Waals surface area contributed by atoms with Crippen LogP contribution in [-0.2, 0) is 20.8 Å². The molecule has 2 fully saturated rings. The van der Waals surface area contributed by atoms with Gasteiger partial charge in [0.05, 0.1) is 18.5 Å². The van der Waals surface area contributed by atoms with Crippen molar-refractivity contribution in [3.63, 3.8) is 0 Å². The zero-order valence-electron chi connectivity index (χ0n) is 24.2. The number of aryl methyl sites for hydroxylation is 1. The Morgan fingerprint density at radius 3 is 2.49 bits per heavy atom. The van der Waals surface area contributed by atoms with Crippen molar-refractivity contribution >= 4 is 12.0 Å². The van der Waals surface area contributed by atoms with E-state index in [-0.39, 0.29) is 36.0 Å². The van der Waals surface area contributed by atoms with Gasteiger partial charge in [-0.3, -0.25) is 9.69 Å². The predicted octanol–water partition coefficient (Wildman–Crippen LogP) is 5.76. The molecule has 0 radical (unpaired) electrons. The van der Waals surface area contributed by atoms with Gasteiger partial charge in [-0.05, 0) is 65.7 Å². The van der Waals surface area contributed by atoms with Crippen LogP contribution in [0.5, 0.6) is 0 Å². The summed E-state index contributed by atoms with van der Waals surface area (Å²) in [6.07, 6.45) is 13.4. The number of carbonyl (C=O) groups is 2. The molecule has 3 atom stereocenters. The molecule has 1 aliphatic carbocycles. The first kappa shape index (κ1) is 29.5. The van der Waals surface area contributed by atoms with Gasteiger partial charge >= 0.3 is 6.09 Å². The molecule has 1 aromatic heterocycles. The standard InChI is InChI=1S/C29H50N4O4/c1-21(2)23(26(34)31-14-11-16-32-17-15-30-20-32)19-25-24(18-22-12-9-8-10-13-22)33(29(6,7)36-25)27(35)37-28(3,4)5/h15,17,20-25H,8-14,16,18-19H2,1-7H3,(H,31,34)/t23-,24-,25-/m0/s1. The number of hydrogen-bond acceptors (Lipinski definition) is 5. The lowest BCUT2D eigenvalue weighted by atomic mass is 9.81. The molecule has 0 spiro atoms. The summed E-state index contributed by atoms with van der Waals surface area (Å²) in [6, 6.07) is -0.108. The number of nitrogens with one attached hydrogen (secondary N) is 1. The third-order valence-corrected chi connectivity index (χ3v) is 7.75. The molecule has 8 heteroatoms. The van der Waals surface area contributed by atoms with E-state index in [1.165, 1.54) is 32.1 Å². The maximum atomic E-state index is 13.4. The average molecular weight is 519 g/mol. The van der Waals surface area contributed by atoms with Crippen molar-refractivity contribution in [1.29, 1.82) is 0 Å². The minimum atomic E-state index is -0.796. The Morgan fingerprint density at radius 2 is 1.89 bits per heavy atom. The van der Waals surface area contributed by atoms with Crippen molar-refractivity contribution in [3.05, 3.63) is 18.7 Å². The summed E-state index contributed by atoms with van der Waals surface area (Å²) >= 11 is 0. The van der Waals surface area contributed by atoms with E-state index >= 15 is 0 Å². The molecule has 0 unspecified atom stereocenters. The van der Waals surface area contributed by atoms with Crippen LogP contribution in [0, 0.1) is 17.8 Å². The molecule has 2 amide bonds. The smallest absolute Gasteiger partial charge is 0.412 e. The van der Waals surface area contributed by atoms with Gasteiger partial charge in [0.25, 0.3) is 0 Å². The summed E-state index contributed by atoms with van der Waals surface area (Å²) in [5.41, 5.74) is -1.38. The first-order valence-corrected chi connectivity index (χ1v) is 14.3. The van der Waals surface area contributed by atoms with Crippen LogP contribution in [0.4, 0.5) is 4.79 Å². The predicted molar refractivity (Wildman–Crippen MR) is 145 cm³/mol. The molecule has 210 valence electrons.